The summed E-state index contributed by atoms with van der Waals surface area (Å²) in [6, 6.07) is 7.86. The van der Waals surface area contributed by atoms with Crippen molar-refractivity contribution in [3.63, 3.8) is 0 Å². The van der Waals surface area contributed by atoms with Crippen molar-refractivity contribution in [1.82, 2.24) is 15.0 Å². The molecule has 2 rings (SSSR count). The van der Waals surface area contributed by atoms with Crippen LogP contribution >= 0.6 is 15.9 Å². The van der Waals surface area contributed by atoms with Crippen molar-refractivity contribution in [3.05, 3.63) is 45.7 Å². The standard InChI is InChI=1S/C14H16BrN3O2/c1-9(2)7-12-13(14(19)20)16-17-18(12)8-10-3-5-11(15)6-4-10/h3-6,9H,7-8H2,1-2H3,(H,19,20). The maximum atomic E-state index is 11.2. The fourth-order valence-corrected chi connectivity index (χ4v) is 2.24. The zero-order chi connectivity index (χ0) is 14.7. The molecule has 0 saturated heterocycles. The number of carboxylic acids is 1. The van der Waals surface area contributed by atoms with E-state index in [0.29, 0.717) is 24.6 Å². The Labute approximate surface area is 125 Å². The maximum Gasteiger partial charge on any atom is 0.358 e. The van der Waals surface area contributed by atoms with Gasteiger partial charge in [0.25, 0.3) is 0 Å². The first-order chi connectivity index (χ1) is 9.47. The van der Waals surface area contributed by atoms with Gasteiger partial charge in [-0.05, 0) is 30.0 Å². The topological polar surface area (TPSA) is 68.0 Å². The third kappa shape index (κ3) is 3.45. The highest BCUT2D eigenvalue weighted by atomic mass is 79.9. The lowest BCUT2D eigenvalue weighted by atomic mass is 10.1. The monoisotopic (exact) mass is 337 g/mol. The summed E-state index contributed by atoms with van der Waals surface area (Å²) in [4.78, 5) is 11.2. The highest BCUT2D eigenvalue weighted by molar-refractivity contribution is 9.10. The van der Waals surface area contributed by atoms with Crippen molar-refractivity contribution in [2.24, 2.45) is 5.92 Å². The van der Waals surface area contributed by atoms with E-state index in [1.807, 2.05) is 38.1 Å². The molecular weight excluding hydrogens is 322 g/mol. The lowest BCUT2D eigenvalue weighted by molar-refractivity contribution is 0.0689. The van der Waals surface area contributed by atoms with E-state index >= 15 is 0 Å². The molecule has 1 aromatic carbocycles. The van der Waals surface area contributed by atoms with Gasteiger partial charge in [0.15, 0.2) is 5.69 Å². The third-order valence-electron chi connectivity index (χ3n) is 2.89. The van der Waals surface area contributed by atoms with Crippen LogP contribution in [0.3, 0.4) is 0 Å². The van der Waals surface area contributed by atoms with Crippen molar-refractivity contribution >= 4 is 21.9 Å². The quantitative estimate of drug-likeness (QED) is 0.910. The van der Waals surface area contributed by atoms with E-state index in [4.69, 9.17) is 0 Å². The Morgan fingerprint density at radius 2 is 2.00 bits per heavy atom. The normalized spacial score (nSPS) is 11.0. The summed E-state index contributed by atoms with van der Waals surface area (Å²) in [6.07, 6.45) is 0.644. The van der Waals surface area contributed by atoms with Gasteiger partial charge in [0.1, 0.15) is 0 Å². The van der Waals surface area contributed by atoms with E-state index in [1.54, 1.807) is 4.68 Å². The van der Waals surface area contributed by atoms with Gasteiger partial charge in [-0.3, -0.25) is 0 Å². The van der Waals surface area contributed by atoms with Crippen molar-refractivity contribution in [2.75, 3.05) is 0 Å². The number of benzene rings is 1. The van der Waals surface area contributed by atoms with Crippen molar-refractivity contribution in [2.45, 2.75) is 26.8 Å². The Morgan fingerprint density at radius 1 is 1.35 bits per heavy atom. The lowest BCUT2D eigenvalue weighted by Gasteiger charge is -2.09. The molecule has 0 aliphatic rings. The molecule has 0 aliphatic heterocycles. The molecule has 1 heterocycles. The lowest BCUT2D eigenvalue weighted by Crippen LogP contribution is -2.11. The van der Waals surface area contributed by atoms with Gasteiger partial charge in [-0.2, -0.15) is 0 Å². The number of aromatic nitrogens is 3. The fourth-order valence-electron chi connectivity index (χ4n) is 1.98. The SMILES string of the molecule is CC(C)Cc1c(C(=O)O)nnn1Cc1ccc(Br)cc1. The first-order valence-electron chi connectivity index (χ1n) is 6.37. The molecule has 0 radical (unpaired) electrons. The van der Waals surface area contributed by atoms with Crippen LogP contribution < -0.4 is 0 Å². The second-order valence-corrected chi connectivity index (χ2v) is 5.99. The highest BCUT2D eigenvalue weighted by Gasteiger charge is 2.19. The Hall–Kier alpha value is -1.69. The molecule has 6 heteroatoms. The summed E-state index contributed by atoms with van der Waals surface area (Å²) >= 11 is 3.39. The van der Waals surface area contributed by atoms with Crippen molar-refractivity contribution in [1.29, 1.82) is 0 Å². The summed E-state index contributed by atoms with van der Waals surface area (Å²) in [5, 5.41) is 16.9. The second kappa shape index (κ2) is 6.17. The summed E-state index contributed by atoms with van der Waals surface area (Å²) < 4.78 is 2.68. The molecule has 0 fully saturated rings. The third-order valence-corrected chi connectivity index (χ3v) is 3.42. The number of carboxylic acid groups (broad SMARTS) is 1. The second-order valence-electron chi connectivity index (χ2n) is 5.07. The molecule has 0 atom stereocenters. The predicted molar refractivity (Wildman–Crippen MR) is 78.8 cm³/mol. The smallest absolute Gasteiger partial charge is 0.358 e. The van der Waals surface area contributed by atoms with Gasteiger partial charge in [-0.25, -0.2) is 9.48 Å². The van der Waals surface area contributed by atoms with E-state index in [2.05, 4.69) is 26.2 Å². The van der Waals surface area contributed by atoms with Crippen LogP contribution in [0.25, 0.3) is 0 Å². The molecule has 0 amide bonds. The molecule has 0 unspecified atom stereocenters. The number of nitrogens with zero attached hydrogens (tertiary/aromatic N) is 3. The van der Waals surface area contributed by atoms with Gasteiger partial charge in [0, 0.05) is 4.47 Å². The number of carbonyl (C=O) groups is 1. The van der Waals surface area contributed by atoms with Crippen LogP contribution in [0.5, 0.6) is 0 Å². The molecule has 0 aliphatic carbocycles. The van der Waals surface area contributed by atoms with Gasteiger partial charge < -0.3 is 5.11 Å². The molecule has 1 N–H and O–H groups in total. The minimum atomic E-state index is -1.03. The Bertz CT molecular complexity index is 605. The van der Waals surface area contributed by atoms with E-state index in [0.717, 1.165) is 10.0 Å². The summed E-state index contributed by atoms with van der Waals surface area (Å²) in [6.45, 7) is 4.61. The molecule has 1 aromatic heterocycles. The number of halogens is 1. The van der Waals surface area contributed by atoms with Gasteiger partial charge in [-0.15, -0.1) is 5.10 Å². The molecule has 0 saturated carbocycles. The molecular formula is C14H16BrN3O2. The van der Waals surface area contributed by atoms with Gasteiger partial charge >= 0.3 is 5.97 Å². The minimum Gasteiger partial charge on any atom is -0.476 e. The molecule has 106 valence electrons. The Balaban J connectivity index is 2.31. The van der Waals surface area contributed by atoms with Crippen LogP contribution in [-0.4, -0.2) is 26.1 Å². The fraction of sp³-hybridized carbons (Fsp3) is 0.357. The molecule has 5 nitrogen and oxygen atoms in total. The maximum absolute atomic E-state index is 11.2. The van der Waals surface area contributed by atoms with E-state index in [-0.39, 0.29) is 5.69 Å². The number of hydrogen-bond acceptors (Lipinski definition) is 3. The van der Waals surface area contributed by atoms with Crippen LogP contribution in [0.1, 0.15) is 35.6 Å². The minimum absolute atomic E-state index is 0.0517. The van der Waals surface area contributed by atoms with Crippen LogP contribution in [0.15, 0.2) is 28.7 Å². The zero-order valence-electron chi connectivity index (χ0n) is 11.4. The van der Waals surface area contributed by atoms with E-state index < -0.39 is 5.97 Å². The molecule has 0 spiro atoms. The first kappa shape index (κ1) is 14.7. The van der Waals surface area contributed by atoms with Crippen LogP contribution in [0.4, 0.5) is 0 Å². The molecule has 20 heavy (non-hydrogen) atoms. The zero-order valence-corrected chi connectivity index (χ0v) is 13.0. The van der Waals surface area contributed by atoms with Gasteiger partial charge in [0.05, 0.1) is 12.2 Å². The predicted octanol–water partition coefficient (Wildman–Crippen LogP) is 2.99. The van der Waals surface area contributed by atoms with E-state index in [9.17, 15) is 9.90 Å². The summed E-state index contributed by atoms with van der Waals surface area (Å²) in [5.74, 6) is -0.682. The van der Waals surface area contributed by atoms with Crippen molar-refractivity contribution in [3.8, 4) is 0 Å². The van der Waals surface area contributed by atoms with E-state index in [1.165, 1.54) is 0 Å². The number of rotatable bonds is 5. The average molecular weight is 338 g/mol. The Morgan fingerprint density at radius 3 is 2.55 bits per heavy atom. The summed E-state index contributed by atoms with van der Waals surface area (Å²) in [5.41, 5.74) is 1.78. The highest BCUT2D eigenvalue weighted by Crippen LogP contribution is 2.15. The summed E-state index contributed by atoms with van der Waals surface area (Å²) in [7, 11) is 0. The van der Waals surface area contributed by atoms with Crippen LogP contribution in [0, 0.1) is 5.92 Å². The Kier molecular flexibility index (Phi) is 4.54. The van der Waals surface area contributed by atoms with Crippen LogP contribution in [-0.2, 0) is 13.0 Å². The van der Waals surface area contributed by atoms with Gasteiger partial charge in [-0.1, -0.05) is 47.1 Å². The molecule has 2 aromatic rings. The molecule has 0 bridgehead atoms. The first-order valence-corrected chi connectivity index (χ1v) is 7.16. The largest absolute Gasteiger partial charge is 0.476 e. The number of hydrogen-bond donors (Lipinski definition) is 1. The van der Waals surface area contributed by atoms with Crippen molar-refractivity contribution < 1.29 is 9.90 Å². The number of aromatic carboxylic acids is 1. The van der Waals surface area contributed by atoms with Crippen LogP contribution in [0.2, 0.25) is 0 Å². The average Bonchev–Trinajstić information content (AvgIpc) is 2.75. The van der Waals surface area contributed by atoms with Gasteiger partial charge in [0.2, 0.25) is 0 Å².